The Morgan fingerprint density at radius 1 is 1.21 bits per heavy atom. The highest BCUT2D eigenvalue weighted by atomic mass is 16.6. The number of amides is 1. The van der Waals surface area contributed by atoms with E-state index >= 15 is 0 Å². The zero-order chi connectivity index (χ0) is 20.1. The van der Waals surface area contributed by atoms with E-state index in [-0.39, 0.29) is 17.6 Å². The van der Waals surface area contributed by atoms with Crippen LogP contribution < -0.4 is 10.1 Å². The summed E-state index contributed by atoms with van der Waals surface area (Å²) in [6.45, 7) is 8.65. The Balaban J connectivity index is 1.73. The zero-order valence-electron chi connectivity index (χ0n) is 16.9. The maximum atomic E-state index is 13.0. The lowest BCUT2D eigenvalue weighted by molar-refractivity contribution is 0.0267. The highest BCUT2D eigenvalue weighted by molar-refractivity contribution is 5.87. The largest absolute Gasteiger partial charge is 0.464 e. The van der Waals surface area contributed by atoms with Crippen molar-refractivity contribution in [3.63, 3.8) is 0 Å². The van der Waals surface area contributed by atoms with Gasteiger partial charge in [0, 0.05) is 31.7 Å². The molecule has 1 atom stereocenters. The van der Waals surface area contributed by atoms with Crippen molar-refractivity contribution in [2.45, 2.75) is 38.8 Å². The van der Waals surface area contributed by atoms with E-state index in [0.717, 1.165) is 39.0 Å². The number of nitrogens with zero attached hydrogens (tertiary/aromatic N) is 3. The Morgan fingerprint density at radius 3 is 2.64 bits per heavy atom. The Kier molecular flexibility index (Phi) is 6.85. The first-order valence-electron chi connectivity index (χ1n) is 9.98. The molecule has 0 saturated carbocycles. The van der Waals surface area contributed by atoms with Crippen molar-refractivity contribution < 1.29 is 19.1 Å². The van der Waals surface area contributed by atoms with Crippen molar-refractivity contribution >= 4 is 12.1 Å². The normalized spacial score (nSPS) is 21.6. The number of rotatable bonds is 4. The quantitative estimate of drug-likeness (QED) is 0.784. The predicted octanol–water partition coefficient (Wildman–Crippen LogP) is 1.76. The minimum atomic E-state index is -0.559. The van der Waals surface area contributed by atoms with Crippen LogP contribution in [0.4, 0.5) is 4.79 Å². The molecule has 0 radical (unpaired) electrons. The van der Waals surface area contributed by atoms with Gasteiger partial charge in [-0.2, -0.15) is 0 Å². The summed E-state index contributed by atoms with van der Waals surface area (Å²) >= 11 is 0. The van der Waals surface area contributed by atoms with E-state index in [1.165, 1.54) is 13.2 Å². The lowest BCUT2D eigenvalue weighted by Gasteiger charge is -2.46. The molecule has 2 aliphatic rings. The van der Waals surface area contributed by atoms with Gasteiger partial charge in [-0.15, -0.1) is 0 Å². The number of hydrogen-bond acceptors (Lipinski definition) is 7. The SMILES string of the molecule is COC(=O)c1cccc(OC(=O)N2CCN(C(C)C)CC2C2CCNCC2)n1. The van der Waals surface area contributed by atoms with Gasteiger partial charge in [-0.3, -0.25) is 4.90 Å². The summed E-state index contributed by atoms with van der Waals surface area (Å²) in [5.41, 5.74) is 0.118. The average Bonchev–Trinajstić information content (AvgIpc) is 2.73. The average molecular weight is 390 g/mol. The second kappa shape index (κ2) is 9.34. The first-order chi connectivity index (χ1) is 13.5. The number of piperidine rings is 1. The Morgan fingerprint density at radius 2 is 1.96 bits per heavy atom. The van der Waals surface area contributed by atoms with Crippen LogP contribution in [0, 0.1) is 5.92 Å². The molecule has 0 aromatic carbocycles. The molecule has 1 unspecified atom stereocenters. The summed E-state index contributed by atoms with van der Waals surface area (Å²) < 4.78 is 10.2. The van der Waals surface area contributed by atoms with Crippen molar-refractivity contribution in [2.24, 2.45) is 5.92 Å². The first-order valence-corrected chi connectivity index (χ1v) is 9.98. The summed E-state index contributed by atoms with van der Waals surface area (Å²) in [5, 5.41) is 3.39. The zero-order valence-corrected chi connectivity index (χ0v) is 16.9. The minimum absolute atomic E-state index is 0.114. The number of aromatic nitrogens is 1. The van der Waals surface area contributed by atoms with Gasteiger partial charge in [0.1, 0.15) is 0 Å². The number of pyridine rings is 1. The second-order valence-electron chi connectivity index (χ2n) is 7.66. The predicted molar refractivity (Wildman–Crippen MR) is 104 cm³/mol. The first kappa shape index (κ1) is 20.5. The Hall–Kier alpha value is -2.19. The van der Waals surface area contributed by atoms with Crippen molar-refractivity contribution in [2.75, 3.05) is 39.8 Å². The molecule has 1 aromatic rings. The van der Waals surface area contributed by atoms with E-state index in [1.54, 1.807) is 12.1 Å². The van der Waals surface area contributed by atoms with Gasteiger partial charge in [0.05, 0.1) is 13.2 Å². The third kappa shape index (κ3) is 4.80. The Labute approximate surface area is 166 Å². The fraction of sp³-hybridized carbons (Fsp3) is 0.650. The molecular weight excluding hydrogens is 360 g/mol. The van der Waals surface area contributed by atoms with Crippen molar-refractivity contribution in [1.82, 2.24) is 20.1 Å². The van der Waals surface area contributed by atoms with Crippen molar-refractivity contribution in [1.29, 1.82) is 0 Å². The van der Waals surface area contributed by atoms with Crippen LogP contribution in [0.2, 0.25) is 0 Å². The topological polar surface area (TPSA) is 84.0 Å². The summed E-state index contributed by atoms with van der Waals surface area (Å²) in [6.07, 6.45) is 1.70. The molecule has 2 aliphatic heterocycles. The molecule has 1 amide bonds. The summed E-state index contributed by atoms with van der Waals surface area (Å²) in [5.74, 6) is 0.00370. The molecule has 28 heavy (non-hydrogen) atoms. The molecule has 8 nitrogen and oxygen atoms in total. The van der Waals surface area contributed by atoms with Crippen LogP contribution in [0.5, 0.6) is 5.88 Å². The highest BCUT2D eigenvalue weighted by Crippen LogP contribution is 2.26. The molecule has 2 saturated heterocycles. The molecule has 1 N–H and O–H groups in total. The van der Waals surface area contributed by atoms with Crippen LogP contribution in [-0.4, -0.2) is 78.8 Å². The number of hydrogen-bond donors (Lipinski definition) is 1. The van der Waals surface area contributed by atoms with Crippen LogP contribution in [0.3, 0.4) is 0 Å². The van der Waals surface area contributed by atoms with Gasteiger partial charge in [0.15, 0.2) is 5.69 Å². The minimum Gasteiger partial charge on any atom is -0.464 e. The molecule has 154 valence electrons. The lowest BCUT2D eigenvalue weighted by Crippen LogP contribution is -2.60. The summed E-state index contributed by atoms with van der Waals surface area (Å²) in [4.78, 5) is 33.0. The fourth-order valence-electron chi connectivity index (χ4n) is 4.00. The van der Waals surface area contributed by atoms with Crippen LogP contribution in [0.15, 0.2) is 18.2 Å². The van der Waals surface area contributed by atoms with Crippen molar-refractivity contribution in [3.8, 4) is 5.88 Å². The maximum Gasteiger partial charge on any atom is 0.416 e. The third-order valence-corrected chi connectivity index (χ3v) is 5.65. The number of carbonyl (C=O) groups is 2. The van der Waals surface area contributed by atoms with Gasteiger partial charge in [0.25, 0.3) is 0 Å². The molecule has 0 aliphatic carbocycles. The fourth-order valence-corrected chi connectivity index (χ4v) is 4.00. The molecule has 2 fully saturated rings. The number of methoxy groups -OCH3 is 1. The maximum absolute atomic E-state index is 13.0. The van der Waals surface area contributed by atoms with Gasteiger partial charge in [-0.1, -0.05) is 6.07 Å². The second-order valence-corrected chi connectivity index (χ2v) is 7.66. The van der Waals surface area contributed by atoms with Gasteiger partial charge < -0.3 is 19.7 Å². The number of piperazine rings is 1. The van der Waals surface area contributed by atoms with Gasteiger partial charge in [-0.05, 0) is 51.8 Å². The number of nitrogens with one attached hydrogen (secondary N) is 1. The summed E-state index contributed by atoms with van der Waals surface area (Å²) in [6, 6.07) is 5.30. The van der Waals surface area contributed by atoms with Gasteiger partial charge in [-0.25, -0.2) is 14.6 Å². The van der Waals surface area contributed by atoms with Crippen molar-refractivity contribution in [3.05, 3.63) is 23.9 Å². The van der Waals surface area contributed by atoms with Crippen LogP contribution >= 0.6 is 0 Å². The van der Waals surface area contributed by atoms with Crippen LogP contribution in [-0.2, 0) is 4.74 Å². The molecular formula is C20H30N4O4. The standard InChI is InChI=1S/C20H30N4O4/c1-14(2)23-11-12-24(17(13-23)15-7-9-21-10-8-15)20(26)28-18-6-4-5-16(22-18)19(25)27-3/h4-6,14-15,17,21H,7-13H2,1-3H3. The van der Waals surface area contributed by atoms with E-state index in [1.807, 2.05) is 4.90 Å². The van der Waals surface area contributed by atoms with E-state index in [0.29, 0.717) is 18.5 Å². The monoisotopic (exact) mass is 390 g/mol. The lowest BCUT2D eigenvalue weighted by atomic mass is 9.87. The molecule has 3 heterocycles. The van der Waals surface area contributed by atoms with E-state index in [2.05, 4.69) is 33.8 Å². The highest BCUT2D eigenvalue weighted by Gasteiger charge is 2.38. The molecule has 0 bridgehead atoms. The molecule has 1 aromatic heterocycles. The smallest absolute Gasteiger partial charge is 0.416 e. The number of carbonyl (C=O) groups excluding carboxylic acids is 2. The van der Waals surface area contributed by atoms with Gasteiger partial charge >= 0.3 is 12.1 Å². The summed E-state index contributed by atoms with van der Waals surface area (Å²) in [7, 11) is 1.29. The third-order valence-electron chi connectivity index (χ3n) is 5.65. The molecule has 3 rings (SSSR count). The van der Waals surface area contributed by atoms with E-state index in [9.17, 15) is 9.59 Å². The number of ether oxygens (including phenoxy) is 2. The Bertz CT molecular complexity index is 691. The molecule has 0 spiro atoms. The van der Waals surface area contributed by atoms with E-state index in [4.69, 9.17) is 4.74 Å². The van der Waals surface area contributed by atoms with Crippen LogP contribution in [0.25, 0.3) is 0 Å². The van der Waals surface area contributed by atoms with E-state index < -0.39 is 12.1 Å². The van der Waals surface area contributed by atoms with Gasteiger partial charge in [0.2, 0.25) is 5.88 Å². The number of esters is 1. The van der Waals surface area contributed by atoms with Crippen LogP contribution in [0.1, 0.15) is 37.2 Å². The molecule has 8 heteroatoms.